The molecule has 9 nitrogen and oxygen atoms in total. The van der Waals surface area contributed by atoms with Crippen LogP contribution >= 0.6 is 0 Å². The average Bonchev–Trinajstić information content (AvgIpc) is 4.23. The van der Waals surface area contributed by atoms with E-state index in [2.05, 4.69) is 229 Å². The third-order valence-corrected chi connectivity index (χ3v) is 13.9. The van der Waals surface area contributed by atoms with Crippen molar-refractivity contribution in [1.82, 2.24) is 32.6 Å². The van der Waals surface area contributed by atoms with Crippen molar-refractivity contribution < 1.29 is 30.4 Å². The van der Waals surface area contributed by atoms with Gasteiger partial charge in [0.15, 0.2) is 0 Å². The molecule has 15 aromatic rings. The van der Waals surface area contributed by atoms with Gasteiger partial charge in [0.05, 0.1) is 55.5 Å². The fraction of sp³-hybridized carbons (Fsp3) is 0.0161. The SMILES string of the molecule is Cc1cccc2c1nc1n(-c3cc4c(cn3)c3ccccc3n4-c3ccccc3)c3[c-]c(Oc4[c-]c(-n5[c-][n+](-c6ccccc6-n6c7ccccc7c7ccccc76)c6ccccc65)ccc4)ccc3n21.[Pt]. The minimum Gasteiger partial charge on any atom is -0.510 e. The summed E-state index contributed by atoms with van der Waals surface area (Å²) in [5.74, 6) is 2.53. The second-order valence-corrected chi connectivity index (χ2v) is 17.9. The van der Waals surface area contributed by atoms with Gasteiger partial charge in [0.2, 0.25) is 5.78 Å². The van der Waals surface area contributed by atoms with Crippen LogP contribution < -0.4 is 9.30 Å². The van der Waals surface area contributed by atoms with Crippen molar-refractivity contribution in [2.45, 2.75) is 6.92 Å². The van der Waals surface area contributed by atoms with E-state index in [9.17, 15) is 0 Å². The van der Waals surface area contributed by atoms with Crippen LogP contribution in [0.4, 0.5) is 0 Å². The Hall–Kier alpha value is -9.04. The average molecular weight is 1110 g/mol. The molecule has 0 N–H and O–H groups in total. The predicted octanol–water partition coefficient (Wildman–Crippen LogP) is 13.7. The van der Waals surface area contributed by atoms with E-state index in [1.165, 1.54) is 10.8 Å². The second-order valence-electron chi connectivity index (χ2n) is 17.9. The van der Waals surface area contributed by atoms with Gasteiger partial charge in [-0.1, -0.05) is 121 Å². The maximum absolute atomic E-state index is 6.74. The van der Waals surface area contributed by atoms with E-state index >= 15 is 0 Å². The Balaban J connectivity index is 0.00000482. The van der Waals surface area contributed by atoms with Gasteiger partial charge in [-0.2, -0.15) is 12.1 Å². The van der Waals surface area contributed by atoms with E-state index in [4.69, 9.17) is 14.7 Å². The van der Waals surface area contributed by atoms with Crippen molar-refractivity contribution in [3.05, 3.63) is 236 Å². The van der Waals surface area contributed by atoms with Gasteiger partial charge in [0.25, 0.3) is 6.33 Å². The van der Waals surface area contributed by atoms with Gasteiger partial charge >= 0.3 is 0 Å². The van der Waals surface area contributed by atoms with Gasteiger partial charge in [-0.15, -0.1) is 30.3 Å². The van der Waals surface area contributed by atoms with E-state index in [0.29, 0.717) is 11.5 Å². The molecule has 15 rings (SSSR count). The number of ether oxygens (including phenoxy) is 1. The summed E-state index contributed by atoms with van der Waals surface area (Å²) in [7, 11) is 0. The number of pyridine rings is 1. The number of fused-ring (bicyclic) bond motifs is 12. The van der Waals surface area contributed by atoms with Gasteiger partial charge < -0.3 is 22.8 Å². The number of aryl methyl sites for hydroxylation is 1. The molecular formula is C62H38N8OPt-2. The Morgan fingerprint density at radius 2 is 1.14 bits per heavy atom. The molecule has 9 aromatic carbocycles. The Bertz CT molecular complexity index is 4600. The van der Waals surface area contributed by atoms with E-state index in [1.807, 2.05) is 36.5 Å². The maximum atomic E-state index is 6.74. The third-order valence-electron chi connectivity index (χ3n) is 13.9. The van der Waals surface area contributed by atoms with Crippen LogP contribution in [0.25, 0.3) is 111 Å². The zero-order chi connectivity index (χ0) is 46.7. The quantitative estimate of drug-likeness (QED) is 0.118. The fourth-order valence-electron chi connectivity index (χ4n) is 10.8. The van der Waals surface area contributed by atoms with Crippen LogP contribution in [0.2, 0.25) is 0 Å². The number of rotatable bonds is 7. The largest absolute Gasteiger partial charge is 0.510 e. The summed E-state index contributed by atoms with van der Waals surface area (Å²) in [6, 6.07) is 78.9. The molecule has 0 unspecified atom stereocenters. The number of hydrogen-bond acceptors (Lipinski definition) is 3. The molecular weight excluding hydrogens is 1070 g/mol. The number of para-hydroxylation sites is 9. The zero-order valence-electron chi connectivity index (χ0n) is 38.5. The first-order valence-electron chi connectivity index (χ1n) is 23.7. The van der Waals surface area contributed by atoms with Gasteiger partial charge in [-0.25, -0.2) is 9.97 Å². The minimum absolute atomic E-state index is 0. The topological polar surface area (TPSA) is 63.0 Å². The van der Waals surface area contributed by atoms with Crippen LogP contribution in [0.1, 0.15) is 5.56 Å². The Morgan fingerprint density at radius 1 is 0.500 bits per heavy atom. The first-order valence-corrected chi connectivity index (χ1v) is 23.7. The normalized spacial score (nSPS) is 11.8. The monoisotopic (exact) mass is 1110 g/mol. The number of hydrogen-bond donors (Lipinski definition) is 0. The van der Waals surface area contributed by atoms with Crippen molar-refractivity contribution in [3.63, 3.8) is 0 Å². The minimum atomic E-state index is 0. The van der Waals surface area contributed by atoms with Crippen molar-refractivity contribution in [1.29, 1.82) is 0 Å². The summed E-state index contributed by atoms with van der Waals surface area (Å²) in [6.45, 7) is 2.10. The Labute approximate surface area is 426 Å². The first kappa shape index (κ1) is 41.9. The zero-order valence-corrected chi connectivity index (χ0v) is 40.8. The molecule has 6 heterocycles. The molecule has 10 heteroatoms. The molecule has 0 fully saturated rings. The number of imidazole rings is 3. The molecule has 0 atom stereocenters. The van der Waals surface area contributed by atoms with Crippen LogP contribution in [0.3, 0.4) is 0 Å². The summed E-state index contributed by atoms with van der Waals surface area (Å²) >= 11 is 0. The Morgan fingerprint density at radius 3 is 1.93 bits per heavy atom. The second kappa shape index (κ2) is 16.3. The molecule has 0 bridgehead atoms. The van der Waals surface area contributed by atoms with Crippen molar-refractivity contribution >= 4 is 82.5 Å². The van der Waals surface area contributed by atoms with E-state index < -0.39 is 0 Å². The van der Waals surface area contributed by atoms with Crippen molar-refractivity contribution in [3.8, 4) is 40.1 Å². The summed E-state index contributed by atoms with van der Waals surface area (Å²) in [5, 5.41) is 4.63. The van der Waals surface area contributed by atoms with E-state index in [0.717, 1.165) is 106 Å². The van der Waals surface area contributed by atoms with E-state index in [1.54, 1.807) is 0 Å². The Kier molecular flexibility index (Phi) is 9.47. The summed E-state index contributed by atoms with van der Waals surface area (Å²) in [6.07, 6.45) is 5.72. The fourth-order valence-corrected chi connectivity index (χ4v) is 10.8. The van der Waals surface area contributed by atoms with Gasteiger partial charge in [-0.05, 0) is 77.7 Å². The number of benzene rings is 9. The molecule has 0 aliphatic carbocycles. The van der Waals surface area contributed by atoms with Crippen LogP contribution in [-0.2, 0) is 21.1 Å². The molecule has 72 heavy (non-hydrogen) atoms. The molecule has 344 valence electrons. The molecule has 0 spiro atoms. The van der Waals surface area contributed by atoms with Crippen LogP contribution in [0.5, 0.6) is 11.5 Å². The molecule has 0 radical (unpaired) electrons. The summed E-state index contributed by atoms with van der Waals surface area (Å²) < 4.78 is 19.9. The van der Waals surface area contributed by atoms with Gasteiger partial charge in [0, 0.05) is 72.1 Å². The molecule has 0 aliphatic heterocycles. The number of nitrogens with zero attached hydrogens (tertiary/aromatic N) is 8. The molecule has 0 aliphatic rings. The van der Waals surface area contributed by atoms with Crippen molar-refractivity contribution in [2.24, 2.45) is 0 Å². The molecule has 0 saturated heterocycles. The summed E-state index contributed by atoms with van der Waals surface area (Å²) in [5.41, 5.74) is 15.1. The van der Waals surface area contributed by atoms with Crippen LogP contribution in [0, 0.1) is 25.4 Å². The molecule has 0 amide bonds. The standard InChI is InChI=1S/C62H38N8O.Pt/c1-40-17-15-32-57-61(40)64-62-69(57)56-34-33-44(36-59(56)70(62)60-37-58-48(38-63-60)47-24-7-8-25-49(47)67(58)41-18-3-2-4-19-41)71-43-21-16-20-42(35-43)65-39-66(53-29-12-11-28-52(53)65)54-30-13-14-31-55(54)68-50-26-9-5-22-45(50)46-23-6-10-27-51(46)68;/h2-34,37-38H,1H3;/q-2;. The predicted molar refractivity (Wildman–Crippen MR) is 282 cm³/mol. The molecule has 0 saturated carbocycles. The smallest absolute Gasteiger partial charge is 0.268 e. The first-order chi connectivity index (χ1) is 35.1. The van der Waals surface area contributed by atoms with Crippen LogP contribution in [0.15, 0.2) is 212 Å². The maximum Gasteiger partial charge on any atom is 0.268 e. The van der Waals surface area contributed by atoms with Gasteiger partial charge in [0.1, 0.15) is 5.82 Å². The van der Waals surface area contributed by atoms with Crippen LogP contribution in [-0.4, -0.2) is 32.6 Å². The number of aromatic nitrogens is 8. The molecule has 6 aromatic heterocycles. The summed E-state index contributed by atoms with van der Waals surface area (Å²) in [4.78, 5) is 10.5. The third kappa shape index (κ3) is 6.20. The van der Waals surface area contributed by atoms with Crippen molar-refractivity contribution in [2.75, 3.05) is 0 Å². The van der Waals surface area contributed by atoms with E-state index in [-0.39, 0.29) is 21.1 Å². The van der Waals surface area contributed by atoms with Gasteiger partial charge in [-0.3, -0.25) is 9.13 Å².